The van der Waals surface area contributed by atoms with E-state index >= 15 is 0 Å². The van der Waals surface area contributed by atoms with Crippen LogP contribution in [-0.4, -0.2) is 18.9 Å². The lowest BCUT2D eigenvalue weighted by Crippen LogP contribution is -1.97. The maximum Gasteiger partial charge on any atom is 0.218 e. The lowest BCUT2D eigenvalue weighted by atomic mass is 10.7. The third kappa shape index (κ3) is 4.18. The van der Waals surface area contributed by atoms with Crippen molar-refractivity contribution >= 4 is 7.37 Å². The van der Waals surface area contributed by atoms with Crippen molar-refractivity contribution in [2.75, 3.05) is 18.9 Å². The average Bonchev–Trinajstić information content (AvgIpc) is 2.02. The first-order valence-corrected chi connectivity index (χ1v) is 5.56. The standard InChI is InChI=1S/C9H13O2P/c1-4-7-11-12(10,8-5-2)9-6-3/h2,4,6H,1,3,7-9H2. The topological polar surface area (TPSA) is 26.3 Å². The second-order valence-electron chi connectivity index (χ2n) is 2.23. The van der Waals surface area contributed by atoms with Crippen molar-refractivity contribution < 1.29 is 9.09 Å². The molecule has 0 radical (unpaired) electrons. The monoisotopic (exact) mass is 184 g/mol. The van der Waals surface area contributed by atoms with Gasteiger partial charge in [0.25, 0.3) is 0 Å². The zero-order valence-corrected chi connectivity index (χ0v) is 7.93. The Morgan fingerprint density at radius 3 is 2.58 bits per heavy atom. The van der Waals surface area contributed by atoms with Crippen molar-refractivity contribution in [3.05, 3.63) is 25.3 Å². The van der Waals surface area contributed by atoms with Crippen molar-refractivity contribution in [1.29, 1.82) is 0 Å². The Morgan fingerprint density at radius 1 is 1.50 bits per heavy atom. The van der Waals surface area contributed by atoms with Crippen LogP contribution in [0.3, 0.4) is 0 Å². The maximum absolute atomic E-state index is 11.7. The number of hydrogen-bond acceptors (Lipinski definition) is 2. The molecule has 0 saturated carbocycles. The van der Waals surface area contributed by atoms with Crippen LogP contribution in [0.15, 0.2) is 25.3 Å². The van der Waals surface area contributed by atoms with Gasteiger partial charge in [-0.3, -0.25) is 4.57 Å². The molecule has 0 fully saturated rings. The summed E-state index contributed by atoms with van der Waals surface area (Å²) in [5.74, 6) is 2.33. The first-order chi connectivity index (χ1) is 5.68. The van der Waals surface area contributed by atoms with Crippen molar-refractivity contribution in [2.24, 2.45) is 0 Å². The van der Waals surface area contributed by atoms with Crippen molar-refractivity contribution in [3.8, 4) is 12.3 Å². The molecule has 0 aliphatic carbocycles. The largest absolute Gasteiger partial charge is 0.323 e. The predicted molar refractivity (Wildman–Crippen MR) is 52.5 cm³/mol. The first-order valence-electron chi connectivity index (χ1n) is 3.56. The molecule has 0 amide bonds. The molecule has 1 unspecified atom stereocenters. The summed E-state index contributed by atoms with van der Waals surface area (Å²) in [5, 5.41) is 0. The Labute approximate surface area is 73.8 Å². The van der Waals surface area contributed by atoms with Gasteiger partial charge in [0.05, 0.1) is 12.8 Å². The average molecular weight is 184 g/mol. The smallest absolute Gasteiger partial charge is 0.218 e. The minimum Gasteiger partial charge on any atom is -0.323 e. The van der Waals surface area contributed by atoms with Gasteiger partial charge in [-0.2, -0.15) is 0 Å². The van der Waals surface area contributed by atoms with E-state index in [9.17, 15) is 4.57 Å². The molecular weight excluding hydrogens is 171 g/mol. The van der Waals surface area contributed by atoms with Gasteiger partial charge in [0, 0.05) is 6.16 Å². The third-order valence-corrected chi connectivity index (χ3v) is 3.27. The molecule has 0 spiro atoms. The fourth-order valence-electron chi connectivity index (χ4n) is 0.687. The van der Waals surface area contributed by atoms with E-state index in [0.717, 1.165) is 0 Å². The molecule has 0 N–H and O–H groups in total. The summed E-state index contributed by atoms with van der Waals surface area (Å²) in [6.07, 6.45) is 8.64. The van der Waals surface area contributed by atoms with Crippen LogP contribution in [0.5, 0.6) is 0 Å². The number of rotatable bonds is 6. The van der Waals surface area contributed by atoms with E-state index in [1.54, 1.807) is 12.2 Å². The van der Waals surface area contributed by atoms with Crippen LogP contribution >= 0.6 is 7.37 Å². The van der Waals surface area contributed by atoms with Gasteiger partial charge in [0.15, 0.2) is 0 Å². The highest BCUT2D eigenvalue weighted by Gasteiger charge is 2.18. The molecule has 3 heteroatoms. The summed E-state index contributed by atoms with van der Waals surface area (Å²) in [7, 11) is -2.66. The quantitative estimate of drug-likeness (QED) is 0.359. The third-order valence-electron chi connectivity index (χ3n) is 1.17. The fourth-order valence-corrected chi connectivity index (χ4v) is 2.06. The SMILES string of the molecule is C#CCP(=O)(CC=C)OCC=C. The van der Waals surface area contributed by atoms with Gasteiger partial charge in [-0.15, -0.1) is 19.6 Å². The Balaban J connectivity index is 4.19. The summed E-state index contributed by atoms with van der Waals surface area (Å²) < 4.78 is 16.8. The summed E-state index contributed by atoms with van der Waals surface area (Å²) in [5.41, 5.74) is 0. The van der Waals surface area contributed by atoms with Gasteiger partial charge < -0.3 is 4.52 Å². The van der Waals surface area contributed by atoms with Crippen LogP contribution in [0, 0.1) is 12.3 Å². The minimum atomic E-state index is -2.66. The minimum absolute atomic E-state index is 0.160. The zero-order valence-electron chi connectivity index (χ0n) is 7.03. The van der Waals surface area contributed by atoms with Crippen LogP contribution in [0.1, 0.15) is 0 Å². The molecule has 66 valence electrons. The first kappa shape index (κ1) is 11.2. The van der Waals surface area contributed by atoms with E-state index in [4.69, 9.17) is 10.9 Å². The van der Waals surface area contributed by atoms with Gasteiger partial charge in [0.2, 0.25) is 7.37 Å². The molecule has 0 heterocycles. The zero-order chi connectivity index (χ0) is 9.45. The van der Waals surface area contributed by atoms with Gasteiger partial charge in [-0.25, -0.2) is 0 Å². The van der Waals surface area contributed by atoms with Gasteiger partial charge in [-0.05, 0) is 0 Å². The molecule has 2 nitrogen and oxygen atoms in total. The van der Waals surface area contributed by atoms with Gasteiger partial charge >= 0.3 is 0 Å². The number of terminal acetylenes is 1. The predicted octanol–water partition coefficient (Wildman–Crippen LogP) is 2.29. The van der Waals surface area contributed by atoms with Crippen LogP contribution in [-0.2, 0) is 9.09 Å². The summed E-state index contributed by atoms with van der Waals surface area (Å²) in [6.45, 7) is 7.22. The van der Waals surface area contributed by atoms with E-state index in [2.05, 4.69) is 19.1 Å². The molecule has 12 heavy (non-hydrogen) atoms. The lowest BCUT2D eigenvalue weighted by Gasteiger charge is -2.12. The Morgan fingerprint density at radius 2 is 2.17 bits per heavy atom. The molecule has 0 aromatic rings. The van der Waals surface area contributed by atoms with Crippen LogP contribution in [0.2, 0.25) is 0 Å². The molecule has 0 bridgehead atoms. The van der Waals surface area contributed by atoms with Crippen LogP contribution in [0.4, 0.5) is 0 Å². The second-order valence-corrected chi connectivity index (χ2v) is 4.80. The summed E-state index contributed by atoms with van der Waals surface area (Å²) in [4.78, 5) is 0. The maximum atomic E-state index is 11.7. The molecule has 0 aliphatic heterocycles. The Bertz CT molecular complexity index is 237. The summed E-state index contributed by atoms with van der Waals surface area (Å²) in [6, 6.07) is 0. The normalized spacial score (nSPS) is 14.2. The Hall–Kier alpha value is -0.770. The molecule has 0 rings (SSSR count). The van der Waals surface area contributed by atoms with Crippen molar-refractivity contribution in [3.63, 3.8) is 0 Å². The molecule has 0 saturated heterocycles. The van der Waals surface area contributed by atoms with Crippen LogP contribution < -0.4 is 0 Å². The number of hydrogen-bond donors (Lipinski definition) is 0. The second kappa shape index (κ2) is 5.83. The highest BCUT2D eigenvalue weighted by molar-refractivity contribution is 7.59. The van der Waals surface area contributed by atoms with E-state index < -0.39 is 7.37 Å². The molecule has 0 aromatic carbocycles. The molecule has 0 aliphatic rings. The van der Waals surface area contributed by atoms with Gasteiger partial charge in [-0.1, -0.05) is 18.1 Å². The molecular formula is C9H13O2P. The Kier molecular flexibility index (Phi) is 5.45. The van der Waals surface area contributed by atoms with E-state index in [1.807, 2.05) is 0 Å². The summed E-state index contributed by atoms with van der Waals surface area (Å²) >= 11 is 0. The lowest BCUT2D eigenvalue weighted by molar-refractivity contribution is 0.357. The molecule has 1 atom stereocenters. The van der Waals surface area contributed by atoms with E-state index in [1.165, 1.54) is 0 Å². The van der Waals surface area contributed by atoms with E-state index in [-0.39, 0.29) is 12.8 Å². The van der Waals surface area contributed by atoms with E-state index in [0.29, 0.717) is 6.16 Å². The van der Waals surface area contributed by atoms with Gasteiger partial charge in [0.1, 0.15) is 0 Å². The number of allylic oxidation sites excluding steroid dienone is 1. The highest BCUT2D eigenvalue weighted by Crippen LogP contribution is 2.45. The van der Waals surface area contributed by atoms with Crippen molar-refractivity contribution in [1.82, 2.24) is 0 Å². The fraction of sp³-hybridized carbons (Fsp3) is 0.333. The molecule has 0 aromatic heterocycles. The van der Waals surface area contributed by atoms with Crippen LogP contribution in [0.25, 0.3) is 0 Å². The highest BCUT2D eigenvalue weighted by atomic mass is 31.2. The van der Waals surface area contributed by atoms with Crippen molar-refractivity contribution in [2.45, 2.75) is 0 Å².